The van der Waals surface area contributed by atoms with E-state index in [9.17, 15) is 0 Å². The summed E-state index contributed by atoms with van der Waals surface area (Å²) in [5.41, 5.74) is 11.8. The Hall–Kier alpha value is -4.88. The molecule has 6 aromatic rings. The zero-order valence-corrected chi connectivity index (χ0v) is 20.5. The average Bonchev–Trinajstić information content (AvgIpc) is 2.99. The van der Waals surface area contributed by atoms with E-state index in [1.54, 1.807) is 0 Å². The minimum absolute atomic E-state index is 1.06. The van der Waals surface area contributed by atoms with E-state index in [1.165, 1.54) is 44.5 Å². The number of nitrogens with one attached hydrogen (secondary N) is 1. The van der Waals surface area contributed by atoms with E-state index < -0.39 is 0 Å². The summed E-state index contributed by atoms with van der Waals surface area (Å²) in [6, 6.07) is 55.7. The largest absolute Gasteiger partial charge is 0.355 e. The lowest BCUT2D eigenvalue weighted by Crippen LogP contribution is -1.93. The second-order valence-electron chi connectivity index (χ2n) is 9.14. The molecule has 0 saturated carbocycles. The molecule has 1 heteroatoms. The maximum atomic E-state index is 3.64. The third-order valence-electron chi connectivity index (χ3n) is 6.67. The van der Waals surface area contributed by atoms with Gasteiger partial charge < -0.3 is 5.32 Å². The van der Waals surface area contributed by atoms with Crippen LogP contribution in [0.3, 0.4) is 0 Å². The van der Waals surface area contributed by atoms with Gasteiger partial charge in [-0.15, -0.1) is 0 Å². The molecule has 6 aromatic carbocycles. The van der Waals surface area contributed by atoms with Gasteiger partial charge in [0.2, 0.25) is 0 Å². The van der Waals surface area contributed by atoms with Crippen molar-refractivity contribution in [3.63, 3.8) is 0 Å². The molecule has 1 N–H and O–H groups in total. The van der Waals surface area contributed by atoms with Crippen molar-refractivity contribution in [1.82, 2.24) is 0 Å². The van der Waals surface area contributed by atoms with Crippen molar-refractivity contribution in [2.45, 2.75) is 0 Å². The Bertz CT molecular complexity index is 1600. The summed E-state index contributed by atoms with van der Waals surface area (Å²) in [6.45, 7) is 0. The first-order valence-corrected chi connectivity index (χ1v) is 12.6. The first-order valence-electron chi connectivity index (χ1n) is 12.6. The highest BCUT2D eigenvalue weighted by atomic mass is 14.9. The second-order valence-corrected chi connectivity index (χ2v) is 9.14. The number of rotatable bonds is 6. The number of hydrogen-bond donors (Lipinski definition) is 1. The van der Waals surface area contributed by atoms with E-state index in [1.807, 2.05) is 6.07 Å². The molecule has 1 nitrogen and oxygen atoms in total. The highest BCUT2D eigenvalue weighted by Gasteiger charge is 2.09. The Kier molecular flexibility index (Phi) is 6.34. The molecule has 0 amide bonds. The molecule has 0 radical (unpaired) electrons. The zero-order chi connectivity index (χ0) is 24.9. The summed E-state index contributed by atoms with van der Waals surface area (Å²) in [4.78, 5) is 0. The molecule has 37 heavy (non-hydrogen) atoms. The van der Waals surface area contributed by atoms with Gasteiger partial charge in [-0.25, -0.2) is 0 Å². The summed E-state index contributed by atoms with van der Waals surface area (Å²) in [5, 5.41) is 3.64. The van der Waals surface area contributed by atoms with Gasteiger partial charge in [0.25, 0.3) is 0 Å². The Labute approximate surface area is 218 Å². The lowest BCUT2D eigenvalue weighted by molar-refractivity contribution is 1.52. The van der Waals surface area contributed by atoms with Crippen LogP contribution in [0.4, 0.5) is 11.4 Å². The fourth-order valence-corrected chi connectivity index (χ4v) is 4.78. The van der Waals surface area contributed by atoms with Crippen LogP contribution in [0, 0.1) is 0 Å². The summed E-state index contributed by atoms with van der Waals surface area (Å²) in [7, 11) is 0. The zero-order valence-electron chi connectivity index (χ0n) is 20.5. The van der Waals surface area contributed by atoms with Gasteiger partial charge in [-0.1, -0.05) is 133 Å². The Morgan fingerprint density at radius 3 is 1.35 bits per heavy atom. The lowest BCUT2D eigenvalue weighted by atomic mass is 9.94. The first kappa shape index (κ1) is 22.6. The summed E-state index contributed by atoms with van der Waals surface area (Å²) in [6.07, 6.45) is 0. The molecule has 0 heterocycles. The van der Waals surface area contributed by atoms with Gasteiger partial charge in [0.05, 0.1) is 0 Å². The summed E-state index contributed by atoms with van der Waals surface area (Å²) >= 11 is 0. The van der Waals surface area contributed by atoms with Crippen LogP contribution in [0.2, 0.25) is 0 Å². The molecule has 0 aliphatic rings. The number of anilines is 2. The fourth-order valence-electron chi connectivity index (χ4n) is 4.78. The minimum atomic E-state index is 1.06. The van der Waals surface area contributed by atoms with Gasteiger partial charge in [-0.3, -0.25) is 0 Å². The van der Waals surface area contributed by atoms with Gasteiger partial charge in [-0.2, -0.15) is 0 Å². The summed E-state index contributed by atoms with van der Waals surface area (Å²) in [5.74, 6) is 0. The smallest absolute Gasteiger partial charge is 0.0390 e. The fraction of sp³-hybridized carbons (Fsp3) is 0. The normalized spacial score (nSPS) is 10.7. The molecule has 0 fully saturated rings. The molecule has 6 rings (SSSR count). The molecule has 0 bridgehead atoms. The van der Waals surface area contributed by atoms with Crippen LogP contribution < -0.4 is 5.32 Å². The van der Waals surface area contributed by atoms with E-state index >= 15 is 0 Å². The first-order chi connectivity index (χ1) is 18.3. The predicted molar refractivity (Wildman–Crippen MR) is 158 cm³/mol. The topological polar surface area (TPSA) is 12.0 Å². The standard InChI is InChI=1S/C36H27N/c1-4-11-27(12-5-1)28-19-21-29(22-20-28)32-17-10-18-33(25-32)37-34-23-24-35(30-13-6-2-7-14-30)36(26-34)31-15-8-3-9-16-31/h1-26,37H. The van der Waals surface area contributed by atoms with Crippen molar-refractivity contribution < 1.29 is 0 Å². The van der Waals surface area contributed by atoms with Crippen LogP contribution in [0.1, 0.15) is 0 Å². The molecule has 0 aromatic heterocycles. The average molecular weight is 474 g/mol. The van der Waals surface area contributed by atoms with Gasteiger partial charge in [0, 0.05) is 11.4 Å². The molecule has 0 aliphatic carbocycles. The molecule has 0 aliphatic heterocycles. The van der Waals surface area contributed by atoms with Gasteiger partial charge in [0.1, 0.15) is 0 Å². The third-order valence-corrected chi connectivity index (χ3v) is 6.67. The van der Waals surface area contributed by atoms with Crippen LogP contribution in [0.5, 0.6) is 0 Å². The van der Waals surface area contributed by atoms with Gasteiger partial charge >= 0.3 is 0 Å². The van der Waals surface area contributed by atoms with Crippen molar-refractivity contribution in [2.24, 2.45) is 0 Å². The molecule has 0 saturated heterocycles. The Morgan fingerprint density at radius 1 is 0.270 bits per heavy atom. The molecule has 0 unspecified atom stereocenters. The van der Waals surface area contributed by atoms with Crippen LogP contribution in [0.25, 0.3) is 44.5 Å². The minimum Gasteiger partial charge on any atom is -0.355 e. The highest BCUT2D eigenvalue weighted by Crippen LogP contribution is 2.35. The van der Waals surface area contributed by atoms with Gasteiger partial charge in [0.15, 0.2) is 0 Å². The maximum absolute atomic E-state index is 3.64. The van der Waals surface area contributed by atoms with Crippen LogP contribution in [0.15, 0.2) is 158 Å². The molecule has 0 atom stereocenters. The maximum Gasteiger partial charge on any atom is 0.0390 e. The van der Waals surface area contributed by atoms with Crippen molar-refractivity contribution in [1.29, 1.82) is 0 Å². The van der Waals surface area contributed by atoms with E-state index in [0.29, 0.717) is 0 Å². The van der Waals surface area contributed by atoms with E-state index in [0.717, 1.165) is 11.4 Å². The Balaban J connectivity index is 1.30. The van der Waals surface area contributed by atoms with E-state index in [4.69, 9.17) is 0 Å². The molecular formula is C36H27N. The van der Waals surface area contributed by atoms with E-state index in [-0.39, 0.29) is 0 Å². The van der Waals surface area contributed by atoms with Crippen molar-refractivity contribution in [2.75, 3.05) is 5.32 Å². The van der Waals surface area contributed by atoms with E-state index in [2.05, 4.69) is 157 Å². The SMILES string of the molecule is c1ccc(-c2ccc(-c3cccc(Nc4ccc(-c5ccccc5)c(-c5ccccc5)c4)c3)cc2)cc1. The van der Waals surface area contributed by atoms with Crippen molar-refractivity contribution in [3.05, 3.63) is 158 Å². The Morgan fingerprint density at radius 2 is 0.730 bits per heavy atom. The van der Waals surface area contributed by atoms with Crippen LogP contribution in [-0.2, 0) is 0 Å². The highest BCUT2D eigenvalue weighted by molar-refractivity contribution is 5.86. The molecular weight excluding hydrogens is 446 g/mol. The monoisotopic (exact) mass is 473 g/mol. The van der Waals surface area contributed by atoms with Crippen LogP contribution in [-0.4, -0.2) is 0 Å². The lowest BCUT2D eigenvalue weighted by Gasteiger charge is -2.15. The van der Waals surface area contributed by atoms with Crippen LogP contribution >= 0.6 is 0 Å². The number of benzene rings is 6. The third kappa shape index (κ3) is 5.07. The second kappa shape index (κ2) is 10.4. The van der Waals surface area contributed by atoms with Crippen molar-refractivity contribution in [3.8, 4) is 44.5 Å². The quantitative estimate of drug-likeness (QED) is 0.254. The van der Waals surface area contributed by atoms with Crippen molar-refractivity contribution >= 4 is 11.4 Å². The summed E-state index contributed by atoms with van der Waals surface area (Å²) < 4.78 is 0. The number of hydrogen-bond acceptors (Lipinski definition) is 1. The predicted octanol–water partition coefficient (Wildman–Crippen LogP) is 10.1. The molecule has 176 valence electrons. The van der Waals surface area contributed by atoms with Gasteiger partial charge in [-0.05, 0) is 68.8 Å². The molecule has 0 spiro atoms.